The minimum absolute atomic E-state index is 0.256. The first-order valence-electron chi connectivity index (χ1n) is 5.77. The highest BCUT2D eigenvalue weighted by atomic mass is 16.3. The van der Waals surface area contributed by atoms with Crippen LogP contribution in [0.3, 0.4) is 0 Å². The lowest BCUT2D eigenvalue weighted by atomic mass is 10.2. The summed E-state index contributed by atoms with van der Waals surface area (Å²) >= 11 is 0. The molecule has 92 valence electrons. The maximum Gasteiger partial charge on any atom is 0.163 e. The second-order valence-corrected chi connectivity index (χ2v) is 4.01. The molecular weight excluding hydrogens is 218 g/mol. The Bertz CT molecular complexity index is 496. The molecular formula is C11H17N5O. The molecule has 0 aromatic carbocycles. The number of aryl methyl sites for hydroxylation is 1. The zero-order chi connectivity index (χ0) is 12.3. The molecule has 0 fully saturated rings. The van der Waals surface area contributed by atoms with Crippen molar-refractivity contribution in [1.82, 2.24) is 19.7 Å². The normalized spacial score (nSPS) is 12.9. The van der Waals surface area contributed by atoms with Crippen LogP contribution < -0.4 is 5.32 Å². The molecule has 1 atom stereocenters. The van der Waals surface area contributed by atoms with Crippen molar-refractivity contribution in [2.24, 2.45) is 7.05 Å². The summed E-state index contributed by atoms with van der Waals surface area (Å²) in [5, 5.41) is 17.7. The SMILES string of the molecule is CCC(O)CCNc1ncnc2c1cnn2C. The van der Waals surface area contributed by atoms with Gasteiger partial charge in [0.1, 0.15) is 12.1 Å². The van der Waals surface area contributed by atoms with Crippen molar-refractivity contribution in [2.75, 3.05) is 11.9 Å². The minimum Gasteiger partial charge on any atom is -0.393 e. The van der Waals surface area contributed by atoms with Crippen molar-refractivity contribution in [3.05, 3.63) is 12.5 Å². The van der Waals surface area contributed by atoms with Gasteiger partial charge in [0.25, 0.3) is 0 Å². The zero-order valence-electron chi connectivity index (χ0n) is 10.1. The summed E-state index contributed by atoms with van der Waals surface area (Å²) in [6.07, 6.45) is 4.49. The van der Waals surface area contributed by atoms with E-state index >= 15 is 0 Å². The molecule has 0 spiro atoms. The molecule has 2 rings (SSSR count). The molecule has 0 saturated carbocycles. The van der Waals surface area contributed by atoms with Gasteiger partial charge in [-0.3, -0.25) is 4.68 Å². The number of aliphatic hydroxyl groups is 1. The molecule has 0 radical (unpaired) electrons. The van der Waals surface area contributed by atoms with E-state index in [-0.39, 0.29) is 6.10 Å². The number of hydrogen-bond donors (Lipinski definition) is 2. The average Bonchev–Trinajstić information content (AvgIpc) is 2.72. The lowest BCUT2D eigenvalue weighted by Gasteiger charge is -2.09. The highest BCUT2D eigenvalue weighted by molar-refractivity contribution is 5.85. The molecule has 6 heteroatoms. The van der Waals surface area contributed by atoms with E-state index in [4.69, 9.17) is 0 Å². The quantitative estimate of drug-likeness (QED) is 0.806. The molecule has 0 bridgehead atoms. The highest BCUT2D eigenvalue weighted by Gasteiger charge is 2.07. The van der Waals surface area contributed by atoms with E-state index in [2.05, 4.69) is 20.4 Å². The Morgan fingerprint density at radius 3 is 3.06 bits per heavy atom. The standard InChI is InChI=1S/C11H17N5O/c1-3-8(17)4-5-12-10-9-6-15-16(2)11(9)14-7-13-10/h6-8,17H,3-5H2,1-2H3,(H,12,13,14). The number of nitrogens with zero attached hydrogens (tertiary/aromatic N) is 4. The summed E-state index contributed by atoms with van der Waals surface area (Å²) in [4.78, 5) is 8.35. The number of aromatic nitrogens is 4. The molecule has 0 amide bonds. The molecule has 1 unspecified atom stereocenters. The second kappa shape index (κ2) is 5.09. The molecule has 2 N–H and O–H groups in total. The van der Waals surface area contributed by atoms with Crippen LogP contribution in [-0.2, 0) is 7.05 Å². The Labute approximate surface area is 99.7 Å². The van der Waals surface area contributed by atoms with Crippen molar-refractivity contribution in [3.63, 3.8) is 0 Å². The summed E-state index contributed by atoms with van der Waals surface area (Å²) in [6.45, 7) is 2.66. The molecule has 6 nitrogen and oxygen atoms in total. The summed E-state index contributed by atoms with van der Waals surface area (Å²) in [7, 11) is 1.85. The third-order valence-electron chi connectivity index (χ3n) is 2.77. The predicted octanol–water partition coefficient (Wildman–Crippen LogP) is 0.936. The number of anilines is 1. The van der Waals surface area contributed by atoms with Gasteiger partial charge in [0.05, 0.1) is 17.7 Å². The Morgan fingerprint density at radius 1 is 1.47 bits per heavy atom. The second-order valence-electron chi connectivity index (χ2n) is 4.01. The molecule has 17 heavy (non-hydrogen) atoms. The lowest BCUT2D eigenvalue weighted by Crippen LogP contribution is -2.13. The van der Waals surface area contributed by atoms with Gasteiger partial charge in [-0.15, -0.1) is 0 Å². The van der Waals surface area contributed by atoms with Gasteiger partial charge in [0.15, 0.2) is 5.65 Å². The van der Waals surface area contributed by atoms with Crippen LogP contribution in [0.25, 0.3) is 11.0 Å². The van der Waals surface area contributed by atoms with Crippen LogP contribution in [0.15, 0.2) is 12.5 Å². The van der Waals surface area contributed by atoms with Gasteiger partial charge in [-0.05, 0) is 12.8 Å². The van der Waals surface area contributed by atoms with Gasteiger partial charge < -0.3 is 10.4 Å². The van der Waals surface area contributed by atoms with E-state index in [1.165, 1.54) is 6.33 Å². The fourth-order valence-electron chi connectivity index (χ4n) is 1.66. The summed E-state index contributed by atoms with van der Waals surface area (Å²) in [5.41, 5.74) is 0.804. The lowest BCUT2D eigenvalue weighted by molar-refractivity contribution is 0.164. The van der Waals surface area contributed by atoms with Crippen molar-refractivity contribution >= 4 is 16.9 Å². The van der Waals surface area contributed by atoms with Gasteiger partial charge in [-0.1, -0.05) is 6.92 Å². The number of hydrogen-bond acceptors (Lipinski definition) is 5. The van der Waals surface area contributed by atoms with E-state index in [0.717, 1.165) is 23.3 Å². The maximum atomic E-state index is 9.46. The van der Waals surface area contributed by atoms with E-state index < -0.39 is 0 Å². The Kier molecular flexibility index (Phi) is 3.53. The van der Waals surface area contributed by atoms with E-state index in [1.807, 2.05) is 14.0 Å². The first-order valence-corrected chi connectivity index (χ1v) is 5.77. The van der Waals surface area contributed by atoms with Crippen LogP contribution in [0, 0.1) is 0 Å². The number of aliphatic hydroxyl groups excluding tert-OH is 1. The Hall–Kier alpha value is -1.69. The Balaban J connectivity index is 2.08. The van der Waals surface area contributed by atoms with Crippen LogP contribution in [0.5, 0.6) is 0 Å². The summed E-state index contributed by atoms with van der Waals surface area (Å²) < 4.78 is 1.71. The Morgan fingerprint density at radius 2 is 2.29 bits per heavy atom. The number of nitrogens with one attached hydrogen (secondary N) is 1. The fraction of sp³-hybridized carbons (Fsp3) is 0.545. The van der Waals surface area contributed by atoms with Crippen LogP contribution in [0.1, 0.15) is 19.8 Å². The summed E-state index contributed by atoms with van der Waals surface area (Å²) in [5.74, 6) is 0.770. The molecule has 0 aliphatic carbocycles. The van der Waals surface area contributed by atoms with Crippen molar-refractivity contribution in [2.45, 2.75) is 25.9 Å². The van der Waals surface area contributed by atoms with Gasteiger partial charge in [-0.2, -0.15) is 5.10 Å². The molecule has 0 saturated heterocycles. The number of rotatable bonds is 5. The molecule has 2 aromatic rings. The number of fused-ring (bicyclic) bond motifs is 1. The minimum atomic E-state index is -0.256. The average molecular weight is 235 g/mol. The predicted molar refractivity (Wildman–Crippen MR) is 65.7 cm³/mol. The summed E-state index contributed by atoms with van der Waals surface area (Å²) in [6, 6.07) is 0. The van der Waals surface area contributed by atoms with Crippen LogP contribution in [0.2, 0.25) is 0 Å². The zero-order valence-corrected chi connectivity index (χ0v) is 10.1. The molecule has 2 heterocycles. The maximum absolute atomic E-state index is 9.46. The van der Waals surface area contributed by atoms with E-state index in [1.54, 1.807) is 10.9 Å². The highest BCUT2D eigenvalue weighted by Crippen LogP contribution is 2.17. The van der Waals surface area contributed by atoms with Crippen molar-refractivity contribution < 1.29 is 5.11 Å². The fourth-order valence-corrected chi connectivity index (χ4v) is 1.66. The van der Waals surface area contributed by atoms with Gasteiger partial charge in [0, 0.05) is 13.6 Å². The monoisotopic (exact) mass is 235 g/mol. The molecule has 0 aliphatic rings. The van der Waals surface area contributed by atoms with Crippen molar-refractivity contribution in [1.29, 1.82) is 0 Å². The smallest absolute Gasteiger partial charge is 0.163 e. The largest absolute Gasteiger partial charge is 0.393 e. The third kappa shape index (κ3) is 2.52. The van der Waals surface area contributed by atoms with Crippen molar-refractivity contribution in [3.8, 4) is 0 Å². The van der Waals surface area contributed by atoms with Gasteiger partial charge in [0.2, 0.25) is 0 Å². The molecule has 2 aromatic heterocycles. The molecule has 0 aliphatic heterocycles. The van der Waals surface area contributed by atoms with E-state index in [0.29, 0.717) is 13.0 Å². The van der Waals surface area contributed by atoms with Gasteiger partial charge >= 0.3 is 0 Å². The van der Waals surface area contributed by atoms with Crippen LogP contribution >= 0.6 is 0 Å². The first-order chi connectivity index (χ1) is 8.22. The van der Waals surface area contributed by atoms with Crippen LogP contribution in [0.4, 0.5) is 5.82 Å². The van der Waals surface area contributed by atoms with E-state index in [9.17, 15) is 5.11 Å². The van der Waals surface area contributed by atoms with Crippen LogP contribution in [-0.4, -0.2) is 37.5 Å². The third-order valence-corrected chi connectivity index (χ3v) is 2.77. The van der Waals surface area contributed by atoms with Gasteiger partial charge in [-0.25, -0.2) is 9.97 Å². The first kappa shape index (κ1) is 11.8. The topological polar surface area (TPSA) is 75.9 Å².